The summed E-state index contributed by atoms with van der Waals surface area (Å²) in [6, 6.07) is 15.3. The molecule has 1 aromatic heterocycles. The second-order valence-corrected chi connectivity index (χ2v) is 12.2. The molecule has 37 heavy (non-hydrogen) atoms. The Hall–Kier alpha value is -2.55. The smallest absolute Gasteiger partial charge is 0.243 e. The second-order valence-electron chi connectivity index (χ2n) is 10.3. The van der Waals surface area contributed by atoms with Crippen LogP contribution in [0.25, 0.3) is 10.9 Å². The highest BCUT2D eigenvalue weighted by Gasteiger charge is 2.31. The Morgan fingerprint density at radius 3 is 2.35 bits per heavy atom. The molecule has 0 unspecified atom stereocenters. The first-order chi connectivity index (χ1) is 18.0. The van der Waals surface area contributed by atoms with Gasteiger partial charge in [-0.3, -0.25) is 4.90 Å². The molecule has 1 aliphatic carbocycles. The molecule has 2 aliphatic rings. The maximum atomic E-state index is 13.2. The molecule has 0 N–H and O–H groups in total. The Morgan fingerprint density at radius 1 is 0.946 bits per heavy atom. The lowest BCUT2D eigenvalue weighted by Crippen LogP contribution is -2.49. The predicted molar refractivity (Wildman–Crippen MR) is 146 cm³/mol. The fourth-order valence-corrected chi connectivity index (χ4v) is 6.86. The van der Waals surface area contributed by atoms with Crippen molar-refractivity contribution >= 4 is 20.9 Å². The molecule has 0 radical (unpaired) electrons. The van der Waals surface area contributed by atoms with Gasteiger partial charge in [0.15, 0.2) is 0 Å². The van der Waals surface area contributed by atoms with Gasteiger partial charge in [0.2, 0.25) is 15.9 Å². The number of benzene rings is 2. The average Bonchev–Trinajstić information content (AvgIpc) is 2.94. The number of hydrogen-bond donors (Lipinski definition) is 0. The molecule has 8 heteroatoms. The van der Waals surface area contributed by atoms with Crippen molar-refractivity contribution in [3.63, 3.8) is 0 Å². The largest absolute Gasteiger partial charge is 0.474 e. The van der Waals surface area contributed by atoms with Gasteiger partial charge in [-0.25, -0.2) is 13.4 Å². The highest BCUT2D eigenvalue weighted by molar-refractivity contribution is 7.89. The van der Waals surface area contributed by atoms with Crippen molar-refractivity contribution in [1.82, 2.24) is 19.2 Å². The van der Waals surface area contributed by atoms with E-state index in [0.29, 0.717) is 37.0 Å². The number of sulfonamides is 1. The van der Waals surface area contributed by atoms with Gasteiger partial charge in [-0.2, -0.15) is 9.29 Å². The summed E-state index contributed by atoms with van der Waals surface area (Å²) < 4.78 is 34.5. The molecule has 1 saturated carbocycles. The molecule has 7 nitrogen and oxygen atoms in total. The Kier molecular flexibility index (Phi) is 8.07. The van der Waals surface area contributed by atoms with E-state index in [1.807, 2.05) is 36.4 Å². The van der Waals surface area contributed by atoms with Crippen molar-refractivity contribution in [3.8, 4) is 5.88 Å². The number of para-hydroxylation sites is 1. The first kappa shape index (κ1) is 26.1. The van der Waals surface area contributed by atoms with Crippen LogP contribution in [0, 0.1) is 0 Å². The Bertz CT molecular complexity index is 1300. The predicted octanol–water partition coefficient (Wildman–Crippen LogP) is 5.36. The van der Waals surface area contributed by atoms with E-state index in [2.05, 4.69) is 18.7 Å². The molecule has 1 saturated heterocycles. The van der Waals surface area contributed by atoms with Crippen LogP contribution in [0.1, 0.15) is 69.8 Å². The topological polar surface area (TPSA) is 75.6 Å². The third kappa shape index (κ3) is 5.81. The zero-order valence-electron chi connectivity index (χ0n) is 22.0. The summed E-state index contributed by atoms with van der Waals surface area (Å²) in [5, 5.41) is 0.949. The van der Waals surface area contributed by atoms with Crippen molar-refractivity contribution in [3.05, 3.63) is 59.9 Å². The zero-order valence-corrected chi connectivity index (χ0v) is 22.8. The minimum Gasteiger partial charge on any atom is -0.474 e. The van der Waals surface area contributed by atoms with Crippen LogP contribution in [-0.2, 0) is 16.4 Å². The van der Waals surface area contributed by atoms with Crippen molar-refractivity contribution < 1.29 is 13.2 Å². The van der Waals surface area contributed by atoms with Gasteiger partial charge in [0, 0.05) is 26.2 Å². The maximum Gasteiger partial charge on any atom is 0.243 e. The summed E-state index contributed by atoms with van der Waals surface area (Å²) >= 11 is 0. The molecule has 1 atom stereocenters. The zero-order chi connectivity index (χ0) is 25.8. The highest BCUT2D eigenvalue weighted by Crippen LogP contribution is 2.30. The van der Waals surface area contributed by atoms with Crippen molar-refractivity contribution in [1.29, 1.82) is 0 Å². The fourth-order valence-electron chi connectivity index (χ4n) is 5.44. The van der Waals surface area contributed by atoms with Crippen LogP contribution in [-0.4, -0.2) is 59.9 Å². The fraction of sp³-hybridized carbons (Fsp3) is 0.517. The van der Waals surface area contributed by atoms with E-state index in [0.717, 1.165) is 42.4 Å². The average molecular weight is 523 g/mol. The Morgan fingerprint density at radius 2 is 1.65 bits per heavy atom. The SMILES string of the molecule is CCCc1ccc(S(=O)(=O)N2CCN([C@@H](C)c3nc(OC4CCCCC4)c4ccccc4n3)CC2)cc1. The molecule has 2 fully saturated rings. The first-order valence-electron chi connectivity index (χ1n) is 13.7. The minimum atomic E-state index is -3.50. The monoisotopic (exact) mass is 522 g/mol. The van der Waals surface area contributed by atoms with Gasteiger partial charge in [-0.05, 0) is 68.9 Å². The maximum absolute atomic E-state index is 13.2. The number of aryl methyl sites for hydroxylation is 1. The summed E-state index contributed by atoms with van der Waals surface area (Å²) in [7, 11) is -3.50. The van der Waals surface area contributed by atoms with Gasteiger partial charge in [0.1, 0.15) is 11.9 Å². The van der Waals surface area contributed by atoms with Crippen LogP contribution in [0.3, 0.4) is 0 Å². The number of piperazine rings is 1. The molecule has 2 heterocycles. The number of nitrogens with zero attached hydrogens (tertiary/aromatic N) is 4. The van der Waals surface area contributed by atoms with Crippen LogP contribution < -0.4 is 4.74 Å². The van der Waals surface area contributed by atoms with E-state index in [4.69, 9.17) is 14.7 Å². The van der Waals surface area contributed by atoms with Gasteiger partial charge in [-0.15, -0.1) is 0 Å². The number of aromatic nitrogens is 2. The molecule has 5 rings (SSSR count). The normalized spacial score (nSPS) is 19.2. The molecule has 1 aliphatic heterocycles. The summed E-state index contributed by atoms with van der Waals surface area (Å²) in [4.78, 5) is 12.4. The van der Waals surface area contributed by atoms with Crippen LogP contribution in [0.2, 0.25) is 0 Å². The van der Waals surface area contributed by atoms with E-state index in [-0.39, 0.29) is 12.1 Å². The van der Waals surface area contributed by atoms with Crippen molar-refractivity contribution in [2.75, 3.05) is 26.2 Å². The van der Waals surface area contributed by atoms with E-state index >= 15 is 0 Å². The van der Waals surface area contributed by atoms with E-state index in [1.165, 1.54) is 24.8 Å². The lowest BCUT2D eigenvalue weighted by Gasteiger charge is -2.37. The lowest BCUT2D eigenvalue weighted by atomic mass is 9.98. The van der Waals surface area contributed by atoms with Crippen LogP contribution in [0.4, 0.5) is 0 Å². The first-order valence-corrected chi connectivity index (χ1v) is 15.2. The van der Waals surface area contributed by atoms with Crippen molar-refractivity contribution in [2.45, 2.75) is 75.8 Å². The lowest BCUT2D eigenvalue weighted by molar-refractivity contribution is 0.135. The molecule has 3 aromatic rings. The van der Waals surface area contributed by atoms with Gasteiger partial charge in [-0.1, -0.05) is 44.0 Å². The molecule has 0 bridgehead atoms. The molecule has 0 amide bonds. The quantitative estimate of drug-likeness (QED) is 0.396. The molecule has 2 aromatic carbocycles. The van der Waals surface area contributed by atoms with Gasteiger partial charge < -0.3 is 4.74 Å². The number of rotatable bonds is 8. The molecule has 0 spiro atoms. The minimum absolute atomic E-state index is 0.0449. The van der Waals surface area contributed by atoms with E-state index < -0.39 is 10.0 Å². The summed E-state index contributed by atoms with van der Waals surface area (Å²) in [5.74, 6) is 1.40. The van der Waals surface area contributed by atoms with Gasteiger partial charge in [0.25, 0.3) is 0 Å². The van der Waals surface area contributed by atoms with Gasteiger partial charge in [0.05, 0.1) is 21.8 Å². The third-order valence-electron chi connectivity index (χ3n) is 7.71. The van der Waals surface area contributed by atoms with Crippen LogP contribution in [0.5, 0.6) is 5.88 Å². The number of ether oxygens (including phenoxy) is 1. The van der Waals surface area contributed by atoms with Crippen molar-refractivity contribution in [2.24, 2.45) is 0 Å². The summed E-state index contributed by atoms with van der Waals surface area (Å²) in [5.41, 5.74) is 2.06. The Balaban J connectivity index is 1.29. The summed E-state index contributed by atoms with van der Waals surface area (Å²) in [6.07, 6.45) is 8.03. The van der Waals surface area contributed by atoms with E-state index in [9.17, 15) is 8.42 Å². The third-order valence-corrected chi connectivity index (χ3v) is 9.62. The molecule has 198 valence electrons. The number of fused-ring (bicyclic) bond motifs is 1. The van der Waals surface area contributed by atoms with Crippen LogP contribution in [0.15, 0.2) is 53.4 Å². The number of hydrogen-bond acceptors (Lipinski definition) is 6. The van der Waals surface area contributed by atoms with E-state index in [1.54, 1.807) is 16.4 Å². The second kappa shape index (κ2) is 11.5. The van der Waals surface area contributed by atoms with Crippen LogP contribution >= 0.6 is 0 Å². The standard InChI is InChI=1S/C29H38N4O3S/c1-3-9-23-14-16-25(17-15-23)37(34,35)33-20-18-32(19-21-33)22(2)28-30-27-13-8-7-12-26(27)29(31-28)36-24-10-5-4-6-11-24/h7-8,12-17,22,24H,3-6,9-11,18-21H2,1-2H3/t22-/m0/s1. The molecular weight excluding hydrogens is 484 g/mol. The van der Waals surface area contributed by atoms with Gasteiger partial charge >= 0.3 is 0 Å². The summed E-state index contributed by atoms with van der Waals surface area (Å²) in [6.45, 7) is 6.38. The molecular formula is C29H38N4O3S. The Labute approximate surface area is 220 Å². The highest BCUT2D eigenvalue weighted by atomic mass is 32.2.